The van der Waals surface area contributed by atoms with Crippen molar-refractivity contribution in [2.75, 3.05) is 0 Å². The van der Waals surface area contributed by atoms with Gasteiger partial charge in [0, 0.05) is 22.1 Å². The number of rotatable bonds is 5. The lowest BCUT2D eigenvalue weighted by atomic mass is 9.78. The van der Waals surface area contributed by atoms with Crippen LogP contribution >= 0.6 is 0 Å². The summed E-state index contributed by atoms with van der Waals surface area (Å²) in [5, 5.41) is 2.59. The maximum Gasteiger partial charge on any atom is 0.164 e. The third kappa shape index (κ3) is 4.94. The molecule has 3 nitrogen and oxygen atoms in total. The summed E-state index contributed by atoms with van der Waals surface area (Å²) in [6.45, 7) is 4.73. The molecule has 49 heavy (non-hydrogen) atoms. The van der Waals surface area contributed by atoms with Gasteiger partial charge in [-0.2, -0.15) is 0 Å². The predicted octanol–water partition coefficient (Wildman–Crippen LogP) is 11.7. The maximum atomic E-state index is 4.90. The molecule has 0 spiro atoms. The molecule has 1 heterocycles. The molecular weight excluding hydrogens is 595 g/mol. The molecule has 0 N–H and O–H groups in total. The quantitative estimate of drug-likeness (QED) is 0.191. The maximum absolute atomic E-state index is 4.90. The van der Waals surface area contributed by atoms with Crippen LogP contribution in [0.1, 0.15) is 25.0 Å². The zero-order chi connectivity index (χ0) is 33.0. The molecule has 0 fully saturated rings. The molecule has 0 saturated heterocycles. The SMILES string of the molecule is CC1(C)c2ccccc2-c2c1c(-c1ccc(-c3ccc(-c4nc(-c5ccccc5)nc(-c5ccccc5)n4)cc3)cc1)cc1ccccc21. The van der Waals surface area contributed by atoms with Crippen LogP contribution in [0.4, 0.5) is 0 Å². The van der Waals surface area contributed by atoms with E-state index in [4.69, 9.17) is 15.0 Å². The molecule has 0 radical (unpaired) electrons. The van der Waals surface area contributed by atoms with Crippen LogP contribution < -0.4 is 0 Å². The molecule has 0 aliphatic heterocycles. The monoisotopic (exact) mass is 627 g/mol. The Hall–Kier alpha value is -6.19. The van der Waals surface area contributed by atoms with Gasteiger partial charge in [0.25, 0.3) is 0 Å². The van der Waals surface area contributed by atoms with Crippen LogP contribution in [0, 0.1) is 0 Å². The molecule has 0 unspecified atom stereocenters. The smallest absolute Gasteiger partial charge is 0.164 e. The summed E-state index contributed by atoms with van der Waals surface area (Å²) in [4.78, 5) is 14.6. The summed E-state index contributed by atoms with van der Waals surface area (Å²) in [6.07, 6.45) is 0. The Morgan fingerprint density at radius 2 is 0.837 bits per heavy atom. The minimum Gasteiger partial charge on any atom is -0.208 e. The topological polar surface area (TPSA) is 38.7 Å². The summed E-state index contributed by atoms with van der Waals surface area (Å²) in [6, 6.07) is 57.8. The van der Waals surface area contributed by atoms with Gasteiger partial charge in [0.2, 0.25) is 0 Å². The summed E-state index contributed by atoms with van der Waals surface area (Å²) in [7, 11) is 0. The van der Waals surface area contributed by atoms with Gasteiger partial charge in [0.15, 0.2) is 17.5 Å². The Kier molecular flexibility index (Phi) is 6.80. The van der Waals surface area contributed by atoms with Gasteiger partial charge in [-0.15, -0.1) is 0 Å². The Morgan fingerprint density at radius 1 is 0.388 bits per heavy atom. The molecular formula is C46H33N3. The molecule has 1 aliphatic carbocycles. The van der Waals surface area contributed by atoms with E-state index in [0.717, 1.165) is 22.3 Å². The Labute approximate surface area is 286 Å². The van der Waals surface area contributed by atoms with E-state index in [0.29, 0.717) is 17.5 Å². The molecule has 7 aromatic carbocycles. The molecule has 8 aromatic rings. The average Bonchev–Trinajstić information content (AvgIpc) is 3.42. The number of nitrogens with zero attached hydrogens (tertiary/aromatic N) is 3. The van der Waals surface area contributed by atoms with Crippen molar-refractivity contribution in [1.82, 2.24) is 15.0 Å². The lowest BCUT2D eigenvalue weighted by molar-refractivity contribution is 0.662. The van der Waals surface area contributed by atoms with Crippen molar-refractivity contribution in [3.63, 3.8) is 0 Å². The van der Waals surface area contributed by atoms with Crippen molar-refractivity contribution < 1.29 is 0 Å². The first kappa shape index (κ1) is 29.0. The van der Waals surface area contributed by atoms with Crippen molar-refractivity contribution in [3.8, 4) is 67.5 Å². The fourth-order valence-corrected chi connectivity index (χ4v) is 7.48. The van der Waals surface area contributed by atoms with E-state index in [9.17, 15) is 0 Å². The highest BCUT2D eigenvalue weighted by Crippen LogP contribution is 2.54. The normalized spacial score (nSPS) is 12.9. The molecule has 1 aromatic heterocycles. The van der Waals surface area contributed by atoms with E-state index in [2.05, 4.69) is 117 Å². The van der Waals surface area contributed by atoms with Gasteiger partial charge < -0.3 is 0 Å². The standard InChI is InChI=1S/C46H33N3/c1-46(2)40-20-12-11-19-38(40)41-37-18-10-9-17-36(37)29-39(42(41)46)32-25-21-30(22-26-32)31-23-27-35(28-24-31)45-48-43(33-13-5-3-6-14-33)47-44(49-45)34-15-7-4-8-16-34/h3-29H,1-2H3. The third-order valence-corrected chi connectivity index (χ3v) is 9.92. The lowest BCUT2D eigenvalue weighted by Crippen LogP contribution is -2.16. The Morgan fingerprint density at radius 3 is 1.43 bits per heavy atom. The van der Waals surface area contributed by atoms with Gasteiger partial charge in [-0.25, -0.2) is 15.0 Å². The third-order valence-electron chi connectivity index (χ3n) is 9.92. The van der Waals surface area contributed by atoms with Crippen LogP contribution in [-0.4, -0.2) is 15.0 Å². The van der Waals surface area contributed by atoms with Crippen LogP contribution in [0.2, 0.25) is 0 Å². The van der Waals surface area contributed by atoms with Crippen molar-refractivity contribution in [2.45, 2.75) is 19.3 Å². The number of benzene rings is 7. The summed E-state index contributed by atoms with van der Waals surface area (Å²) in [5.41, 5.74) is 13.1. The Bertz CT molecular complexity index is 2420. The van der Waals surface area contributed by atoms with Crippen molar-refractivity contribution >= 4 is 10.8 Å². The average molecular weight is 628 g/mol. The highest BCUT2D eigenvalue weighted by atomic mass is 15.0. The molecule has 0 atom stereocenters. The van der Waals surface area contributed by atoms with Gasteiger partial charge in [-0.1, -0.05) is 172 Å². The highest BCUT2D eigenvalue weighted by Gasteiger charge is 2.38. The molecule has 1 aliphatic rings. The van der Waals surface area contributed by atoms with Crippen molar-refractivity contribution in [3.05, 3.63) is 175 Å². The van der Waals surface area contributed by atoms with Gasteiger partial charge >= 0.3 is 0 Å². The summed E-state index contributed by atoms with van der Waals surface area (Å²) >= 11 is 0. The highest BCUT2D eigenvalue weighted by molar-refractivity contribution is 6.06. The molecule has 0 saturated carbocycles. The Balaban J connectivity index is 1.08. The second-order valence-electron chi connectivity index (χ2n) is 13.3. The van der Waals surface area contributed by atoms with Crippen LogP contribution in [0.5, 0.6) is 0 Å². The molecule has 0 bridgehead atoms. The molecule has 3 heteroatoms. The van der Waals surface area contributed by atoms with E-state index in [1.807, 2.05) is 60.7 Å². The van der Waals surface area contributed by atoms with Crippen LogP contribution in [0.3, 0.4) is 0 Å². The lowest BCUT2D eigenvalue weighted by Gasteiger charge is -2.25. The minimum absolute atomic E-state index is 0.102. The van der Waals surface area contributed by atoms with Crippen LogP contribution in [-0.2, 0) is 5.41 Å². The van der Waals surface area contributed by atoms with Gasteiger partial charge in [-0.05, 0) is 61.3 Å². The first-order valence-electron chi connectivity index (χ1n) is 16.8. The zero-order valence-electron chi connectivity index (χ0n) is 27.4. The van der Waals surface area contributed by atoms with E-state index in [1.165, 1.54) is 49.7 Å². The van der Waals surface area contributed by atoms with Gasteiger partial charge in [0.05, 0.1) is 0 Å². The van der Waals surface area contributed by atoms with Crippen molar-refractivity contribution in [1.29, 1.82) is 0 Å². The summed E-state index contributed by atoms with van der Waals surface area (Å²) < 4.78 is 0. The minimum atomic E-state index is -0.102. The van der Waals surface area contributed by atoms with E-state index < -0.39 is 0 Å². The fraction of sp³-hybridized carbons (Fsp3) is 0.0652. The van der Waals surface area contributed by atoms with E-state index in [1.54, 1.807) is 0 Å². The van der Waals surface area contributed by atoms with Crippen LogP contribution in [0.15, 0.2) is 164 Å². The first-order chi connectivity index (χ1) is 24.0. The number of hydrogen-bond donors (Lipinski definition) is 0. The first-order valence-corrected chi connectivity index (χ1v) is 16.8. The number of hydrogen-bond acceptors (Lipinski definition) is 3. The zero-order valence-corrected chi connectivity index (χ0v) is 27.4. The second-order valence-corrected chi connectivity index (χ2v) is 13.3. The van der Waals surface area contributed by atoms with Gasteiger partial charge in [-0.3, -0.25) is 0 Å². The predicted molar refractivity (Wildman–Crippen MR) is 202 cm³/mol. The van der Waals surface area contributed by atoms with Crippen molar-refractivity contribution in [2.24, 2.45) is 0 Å². The fourth-order valence-electron chi connectivity index (χ4n) is 7.48. The summed E-state index contributed by atoms with van der Waals surface area (Å²) in [5.74, 6) is 1.98. The van der Waals surface area contributed by atoms with E-state index in [-0.39, 0.29) is 5.41 Å². The molecule has 9 rings (SSSR count). The number of fused-ring (bicyclic) bond motifs is 5. The van der Waals surface area contributed by atoms with E-state index >= 15 is 0 Å². The van der Waals surface area contributed by atoms with Gasteiger partial charge in [0.1, 0.15) is 0 Å². The molecule has 0 amide bonds. The van der Waals surface area contributed by atoms with Crippen LogP contribution in [0.25, 0.3) is 78.3 Å². The largest absolute Gasteiger partial charge is 0.208 e. The molecule has 232 valence electrons. The number of aromatic nitrogens is 3. The second kappa shape index (κ2) is 11.5.